The summed E-state index contributed by atoms with van der Waals surface area (Å²) >= 11 is 0. The number of hydrogen-bond acceptors (Lipinski definition) is 4. The SMILES string of the molecule is CC[C@H](C)NC(=O)[C@@H](Cc1ccccc1)N(Cc1ccccc1F)C(=O)CN(c1ccc(C(C)(C)C)cc1)S(C)(=O)=O. The third-order valence-electron chi connectivity index (χ3n) is 7.27. The van der Waals surface area contributed by atoms with E-state index in [-0.39, 0.29) is 30.0 Å². The van der Waals surface area contributed by atoms with Crippen LogP contribution in [0, 0.1) is 5.82 Å². The van der Waals surface area contributed by atoms with Crippen LogP contribution in [0.3, 0.4) is 0 Å². The smallest absolute Gasteiger partial charge is 0.244 e. The zero-order valence-electron chi connectivity index (χ0n) is 25.3. The van der Waals surface area contributed by atoms with E-state index >= 15 is 0 Å². The van der Waals surface area contributed by atoms with Gasteiger partial charge in [0, 0.05) is 24.6 Å². The Bertz CT molecular complexity index is 1450. The van der Waals surface area contributed by atoms with Crippen molar-refractivity contribution in [3.05, 3.63) is 101 Å². The maximum absolute atomic E-state index is 14.9. The number of benzene rings is 3. The van der Waals surface area contributed by atoms with E-state index in [0.29, 0.717) is 12.1 Å². The lowest BCUT2D eigenvalue weighted by Crippen LogP contribution is -2.54. The fraction of sp³-hybridized carbons (Fsp3) is 0.394. The Labute approximate surface area is 249 Å². The van der Waals surface area contributed by atoms with E-state index in [0.717, 1.165) is 21.7 Å². The molecule has 0 radical (unpaired) electrons. The van der Waals surface area contributed by atoms with Crippen molar-refractivity contribution in [3.8, 4) is 0 Å². The summed E-state index contributed by atoms with van der Waals surface area (Å²) in [6, 6.07) is 21.2. The molecule has 0 aliphatic heterocycles. The van der Waals surface area contributed by atoms with Crippen molar-refractivity contribution in [2.75, 3.05) is 17.1 Å². The molecular formula is C33H42FN3O4S. The molecule has 0 bridgehead atoms. The van der Waals surface area contributed by atoms with Crippen LogP contribution in [0.4, 0.5) is 10.1 Å². The van der Waals surface area contributed by atoms with Gasteiger partial charge in [-0.15, -0.1) is 0 Å². The van der Waals surface area contributed by atoms with E-state index in [1.165, 1.54) is 11.0 Å². The fourth-order valence-electron chi connectivity index (χ4n) is 4.55. The number of hydrogen-bond donors (Lipinski definition) is 1. The Balaban J connectivity index is 2.07. The third kappa shape index (κ3) is 8.89. The zero-order chi connectivity index (χ0) is 31.1. The number of nitrogens with one attached hydrogen (secondary N) is 1. The largest absolute Gasteiger partial charge is 0.352 e. The molecule has 0 heterocycles. The highest BCUT2D eigenvalue weighted by molar-refractivity contribution is 7.92. The molecule has 3 aromatic carbocycles. The van der Waals surface area contributed by atoms with Crippen LogP contribution in [0.15, 0.2) is 78.9 Å². The Morgan fingerprint density at radius 3 is 2.07 bits per heavy atom. The summed E-state index contributed by atoms with van der Waals surface area (Å²) in [7, 11) is -3.89. The summed E-state index contributed by atoms with van der Waals surface area (Å²) in [6.07, 6.45) is 1.89. The summed E-state index contributed by atoms with van der Waals surface area (Å²) in [5.41, 5.74) is 2.23. The second-order valence-electron chi connectivity index (χ2n) is 11.7. The molecule has 0 aliphatic rings. The number of halogens is 1. The number of amides is 2. The summed E-state index contributed by atoms with van der Waals surface area (Å²) in [5.74, 6) is -1.53. The van der Waals surface area contributed by atoms with Crippen molar-refractivity contribution in [1.82, 2.24) is 10.2 Å². The molecule has 42 heavy (non-hydrogen) atoms. The van der Waals surface area contributed by atoms with Gasteiger partial charge >= 0.3 is 0 Å². The molecule has 0 aromatic heterocycles. The summed E-state index contributed by atoms with van der Waals surface area (Å²) in [6.45, 7) is 9.20. The van der Waals surface area contributed by atoms with Gasteiger partial charge in [0.05, 0.1) is 11.9 Å². The highest BCUT2D eigenvalue weighted by Crippen LogP contribution is 2.26. The van der Waals surface area contributed by atoms with Crippen molar-refractivity contribution in [2.24, 2.45) is 0 Å². The maximum Gasteiger partial charge on any atom is 0.244 e. The highest BCUT2D eigenvalue weighted by atomic mass is 32.2. The van der Waals surface area contributed by atoms with Gasteiger partial charge < -0.3 is 10.2 Å². The van der Waals surface area contributed by atoms with E-state index in [4.69, 9.17) is 0 Å². The first-order valence-corrected chi connectivity index (χ1v) is 16.0. The Morgan fingerprint density at radius 2 is 1.52 bits per heavy atom. The summed E-state index contributed by atoms with van der Waals surface area (Å²) in [4.78, 5) is 29.1. The van der Waals surface area contributed by atoms with Crippen molar-refractivity contribution < 1.29 is 22.4 Å². The van der Waals surface area contributed by atoms with Gasteiger partial charge in [-0.1, -0.05) is 88.4 Å². The van der Waals surface area contributed by atoms with Crippen molar-refractivity contribution in [1.29, 1.82) is 0 Å². The minimum Gasteiger partial charge on any atom is -0.352 e. The molecule has 0 saturated heterocycles. The Kier molecular flexibility index (Phi) is 10.9. The van der Waals surface area contributed by atoms with Crippen molar-refractivity contribution in [2.45, 2.75) is 71.5 Å². The van der Waals surface area contributed by atoms with Gasteiger partial charge in [0.2, 0.25) is 21.8 Å². The number of carbonyl (C=O) groups excluding carboxylic acids is 2. The quantitative estimate of drug-likeness (QED) is 0.302. The molecule has 0 fully saturated rings. The van der Waals surface area contributed by atoms with Gasteiger partial charge in [-0.05, 0) is 48.1 Å². The molecule has 0 unspecified atom stereocenters. The molecule has 2 amide bonds. The van der Waals surface area contributed by atoms with E-state index < -0.39 is 40.2 Å². The first-order chi connectivity index (χ1) is 19.7. The lowest BCUT2D eigenvalue weighted by Gasteiger charge is -2.34. The molecule has 1 N–H and O–H groups in total. The Hall–Kier alpha value is -3.72. The summed E-state index contributed by atoms with van der Waals surface area (Å²) in [5, 5.41) is 2.96. The van der Waals surface area contributed by atoms with E-state index in [1.54, 1.807) is 30.3 Å². The highest BCUT2D eigenvalue weighted by Gasteiger charge is 2.34. The second-order valence-corrected chi connectivity index (χ2v) is 13.6. The first-order valence-electron chi connectivity index (χ1n) is 14.2. The monoisotopic (exact) mass is 595 g/mol. The van der Waals surface area contributed by atoms with Gasteiger partial charge in [0.1, 0.15) is 18.4 Å². The maximum atomic E-state index is 14.9. The molecule has 226 valence electrons. The lowest BCUT2D eigenvalue weighted by molar-refractivity contribution is -0.140. The third-order valence-corrected chi connectivity index (χ3v) is 8.41. The van der Waals surface area contributed by atoms with E-state index in [9.17, 15) is 22.4 Å². The predicted octanol–water partition coefficient (Wildman–Crippen LogP) is 5.44. The van der Waals surface area contributed by atoms with Crippen molar-refractivity contribution >= 4 is 27.5 Å². The van der Waals surface area contributed by atoms with Crippen LogP contribution in [-0.2, 0) is 38.0 Å². The van der Waals surface area contributed by atoms with Crippen LogP contribution < -0.4 is 9.62 Å². The summed E-state index contributed by atoms with van der Waals surface area (Å²) < 4.78 is 41.9. The van der Waals surface area contributed by atoms with Crippen molar-refractivity contribution in [3.63, 3.8) is 0 Å². The standard InChI is InChI=1S/C33H42FN3O4S/c1-7-24(2)35-32(39)30(21-25-13-9-8-10-14-25)36(22-26-15-11-12-16-29(26)34)31(38)23-37(42(6,40)41)28-19-17-27(18-20-28)33(3,4)5/h8-20,24,30H,7,21-23H2,1-6H3,(H,35,39)/t24-,30+/m0/s1. The average Bonchev–Trinajstić information content (AvgIpc) is 2.93. The number of anilines is 1. The molecule has 3 rings (SSSR count). The number of rotatable bonds is 12. The topological polar surface area (TPSA) is 86.8 Å². The normalized spacial score (nSPS) is 13.2. The number of sulfonamides is 1. The van der Waals surface area contributed by atoms with Crippen LogP contribution in [0.2, 0.25) is 0 Å². The molecule has 9 heteroatoms. The van der Waals surface area contributed by atoms with Crippen LogP contribution in [0.5, 0.6) is 0 Å². The van der Waals surface area contributed by atoms with Gasteiger partial charge in [-0.25, -0.2) is 12.8 Å². The number of nitrogens with zero attached hydrogens (tertiary/aromatic N) is 2. The van der Waals surface area contributed by atoms with Gasteiger partial charge in [-0.2, -0.15) is 0 Å². The van der Waals surface area contributed by atoms with Gasteiger partial charge in [0.25, 0.3) is 0 Å². The molecular weight excluding hydrogens is 553 g/mol. The molecule has 0 spiro atoms. The number of carbonyl (C=O) groups is 2. The van der Waals surface area contributed by atoms with Crippen LogP contribution in [-0.4, -0.2) is 50.0 Å². The average molecular weight is 596 g/mol. The molecule has 0 aliphatic carbocycles. The fourth-order valence-corrected chi connectivity index (χ4v) is 5.40. The van der Waals surface area contributed by atoms with Crippen LogP contribution in [0.1, 0.15) is 57.7 Å². The molecule has 0 saturated carbocycles. The Morgan fingerprint density at radius 1 is 0.929 bits per heavy atom. The predicted molar refractivity (Wildman–Crippen MR) is 166 cm³/mol. The lowest BCUT2D eigenvalue weighted by atomic mass is 9.87. The van der Waals surface area contributed by atoms with Crippen LogP contribution in [0.25, 0.3) is 0 Å². The van der Waals surface area contributed by atoms with E-state index in [1.807, 2.05) is 56.3 Å². The first kappa shape index (κ1) is 32.8. The van der Waals surface area contributed by atoms with Crippen LogP contribution >= 0.6 is 0 Å². The van der Waals surface area contributed by atoms with Gasteiger partial charge in [-0.3, -0.25) is 13.9 Å². The van der Waals surface area contributed by atoms with Gasteiger partial charge in [0.15, 0.2) is 0 Å². The minimum atomic E-state index is -3.89. The molecule has 7 nitrogen and oxygen atoms in total. The van der Waals surface area contributed by atoms with E-state index in [2.05, 4.69) is 26.1 Å². The molecule has 3 aromatic rings. The zero-order valence-corrected chi connectivity index (χ0v) is 26.1. The minimum absolute atomic E-state index is 0.144. The second kappa shape index (κ2) is 14.0. The molecule has 2 atom stereocenters.